The van der Waals surface area contributed by atoms with Crippen LogP contribution in [0, 0.1) is 11.8 Å². The number of amides is 1. The third kappa shape index (κ3) is 3.30. The molecule has 10 heteroatoms. The van der Waals surface area contributed by atoms with Crippen molar-refractivity contribution in [2.45, 2.75) is 12.5 Å². The third-order valence-corrected chi connectivity index (χ3v) is 5.44. The van der Waals surface area contributed by atoms with Crippen LogP contribution < -0.4 is 11.1 Å². The molecule has 0 radical (unpaired) electrons. The summed E-state index contributed by atoms with van der Waals surface area (Å²) >= 11 is 0. The number of nitrogens with zero attached hydrogens (tertiary/aromatic N) is 6. The highest BCUT2D eigenvalue weighted by Crippen LogP contribution is 2.28. The van der Waals surface area contributed by atoms with Crippen molar-refractivity contribution in [3.8, 4) is 11.8 Å². The number of hydrogen-bond acceptors (Lipinski definition) is 8. The van der Waals surface area contributed by atoms with E-state index in [-0.39, 0.29) is 11.9 Å². The highest BCUT2D eigenvalue weighted by Gasteiger charge is 2.29. The number of carbonyl (C=O) groups is 1. The molecule has 3 aromatic heterocycles. The molecule has 3 N–H and O–H groups in total. The molecule has 1 aliphatic heterocycles. The minimum absolute atomic E-state index is 0.0299. The number of aromatic nitrogens is 5. The van der Waals surface area contributed by atoms with Gasteiger partial charge in [-0.05, 0) is 36.6 Å². The molecule has 10 nitrogen and oxygen atoms in total. The minimum Gasteiger partial charge on any atom is -0.424 e. The highest BCUT2D eigenvalue weighted by molar-refractivity contribution is 5.91. The molecule has 5 rings (SSSR count). The fourth-order valence-corrected chi connectivity index (χ4v) is 3.85. The Morgan fingerprint density at radius 2 is 2.25 bits per heavy atom. The van der Waals surface area contributed by atoms with Crippen LogP contribution in [0.15, 0.2) is 41.6 Å². The summed E-state index contributed by atoms with van der Waals surface area (Å²) in [7, 11) is 1.75. The van der Waals surface area contributed by atoms with Crippen molar-refractivity contribution in [1.82, 2.24) is 29.6 Å². The molecular formula is C22H20N8O2. The Labute approximate surface area is 183 Å². The number of carbonyl (C=O) groups excluding carboxylic acids is 1. The van der Waals surface area contributed by atoms with Gasteiger partial charge in [-0.1, -0.05) is 12.5 Å². The van der Waals surface area contributed by atoms with E-state index < -0.39 is 0 Å². The van der Waals surface area contributed by atoms with Gasteiger partial charge in [-0.3, -0.25) is 4.79 Å². The second kappa shape index (κ2) is 7.70. The molecule has 1 aliphatic rings. The van der Waals surface area contributed by atoms with Crippen LogP contribution in [0.1, 0.15) is 23.7 Å². The maximum atomic E-state index is 12.0. The number of fused-ring (bicyclic) bond motifs is 2. The van der Waals surface area contributed by atoms with Gasteiger partial charge in [0.05, 0.1) is 11.4 Å². The summed E-state index contributed by atoms with van der Waals surface area (Å²) in [5.41, 5.74) is 9.38. The molecule has 1 aromatic carbocycles. The molecule has 0 aliphatic carbocycles. The molecule has 160 valence electrons. The van der Waals surface area contributed by atoms with Gasteiger partial charge in [0.15, 0.2) is 11.2 Å². The average molecular weight is 428 g/mol. The molecule has 0 unspecified atom stereocenters. The van der Waals surface area contributed by atoms with Crippen molar-refractivity contribution in [2.24, 2.45) is 0 Å². The number of anilines is 2. The number of nitrogen functional groups attached to an aromatic ring is 1. The van der Waals surface area contributed by atoms with Gasteiger partial charge in [-0.2, -0.15) is 10.1 Å². The molecule has 4 heterocycles. The Morgan fingerprint density at radius 1 is 1.38 bits per heavy atom. The van der Waals surface area contributed by atoms with E-state index in [0.29, 0.717) is 52.7 Å². The maximum Gasteiger partial charge on any atom is 0.295 e. The Bertz CT molecular complexity index is 1420. The number of oxazole rings is 1. The zero-order valence-electron chi connectivity index (χ0n) is 17.4. The van der Waals surface area contributed by atoms with Gasteiger partial charge in [0.1, 0.15) is 23.4 Å². The second-order valence-corrected chi connectivity index (χ2v) is 7.38. The zero-order chi connectivity index (χ0) is 22.2. The molecule has 0 spiro atoms. The van der Waals surface area contributed by atoms with Crippen molar-refractivity contribution in [2.75, 3.05) is 31.2 Å². The Balaban J connectivity index is 1.53. The van der Waals surface area contributed by atoms with Gasteiger partial charge >= 0.3 is 0 Å². The summed E-state index contributed by atoms with van der Waals surface area (Å²) in [5.74, 6) is 6.45. The van der Waals surface area contributed by atoms with Crippen LogP contribution in [-0.4, -0.2) is 55.7 Å². The summed E-state index contributed by atoms with van der Waals surface area (Å²) in [5, 5.41) is 8.18. The Hall–Kier alpha value is -4.39. The first-order valence-corrected chi connectivity index (χ1v) is 10.1. The number of rotatable bonds is 3. The summed E-state index contributed by atoms with van der Waals surface area (Å²) in [6, 6.07) is 5.94. The van der Waals surface area contributed by atoms with Gasteiger partial charge in [-0.15, -0.1) is 0 Å². The van der Waals surface area contributed by atoms with Crippen LogP contribution in [0.25, 0.3) is 22.1 Å². The molecular weight excluding hydrogens is 408 g/mol. The van der Waals surface area contributed by atoms with E-state index in [9.17, 15) is 4.79 Å². The van der Waals surface area contributed by atoms with Crippen molar-refractivity contribution >= 4 is 39.9 Å². The third-order valence-electron chi connectivity index (χ3n) is 5.44. The molecule has 1 fully saturated rings. The van der Waals surface area contributed by atoms with E-state index in [0.717, 1.165) is 12.0 Å². The maximum absolute atomic E-state index is 12.0. The molecule has 1 amide bonds. The van der Waals surface area contributed by atoms with E-state index >= 15 is 0 Å². The summed E-state index contributed by atoms with van der Waals surface area (Å²) in [6.07, 6.45) is 3.49. The number of nitrogens with two attached hydrogens (primary N) is 1. The number of nitrogens with one attached hydrogen (secondary N) is 1. The van der Waals surface area contributed by atoms with Gasteiger partial charge in [0, 0.05) is 25.7 Å². The standard InChI is InChI=1S/C22H20N8O2/c1-3-18(31)29-9-8-14(11-29)30-21-19(20(23)25-12-26-21)15(28-30)6-4-13-5-7-17-16(10-13)27-22(24-2)32-17/h3,5,7,10,12,14H,1,8-9,11H2,2H3,(H,24,27)(H2,23,25,26)/t14-/m0/s1. The van der Waals surface area contributed by atoms with Gasteiger partial charge in [0.25, 0.3) is 6.01 Å². The van der Waals surface area contributed by atoms with Crippen molar-refractivity contribution < 1.29 is 9.21 Å². The van der Waals surface area contributed by atoms with E-state index in [1.54, 1.807) is 16.6 Å². The fourth-order valence-electron chi connectivity index (χ4n) is 3.85. The Kier molecular flexibility index (Phi) is 4.71. The van der Waals surface area contributed by atoms with Crippen LogP contribution >= 0.6 is 0 Å². The smallest absolute Gasteiger partial charge is 0.295 e. The summed E-state index contributed by atoms with van der Waals surface area (Å²) in [4.78, 5) is 26.6. The summed E-state index contributed by atoms with van der Waals surface area (Å²) < 4.78 is 7.35. The molecule has 1 atom stereocenters. The van der Waals surface area contributed by atoms with Gasteiger partial charge in [-0.25, -0.2) is 14.6 Å². The van der Waals surface area contributed by atoms with Crippen LogP contribution in [0.3, 0.4) is 0 Å². The number of benzene rings is 1. The van der Waals surface area contributed by atoms with E-state index in [2.05, 4.69) is 38.7 Å². The SMILES string of the molecule is C=CC(=O)N1CC[C@H](n2nc(C#Cc3ccc4oc(NC)nc4c3)c3c(N)ncnc32)C1. The lowest BCUT2D eigenvalue weighted by Crippen LogP contribution is -2.27. The quantitative estimate of drug-likeness (QED) is 0.374. The molecule has 0 saturated carbocycles. The van der Waals surface area contributed by atoms with Crippen LogP contribution in [0.2, 0.25) is 0 Å². The molecule has 1 saturated heterocycles. The van der Waals surface area contributed by atoms with Crippen molar-refractivity contribution in [3.05, 3.63) is 48.4 Å². The van der Waals surface area contributed by atoms with Crippen LogP contribution in [0.5, 0.6) is 0 Å². The molecule has 0 bridgehead atoms. The largest absolute Gasteiger partial charge is 0.424 e. The normalized spacial score (nSPS) is 15.7. The first-order chi connectivity index (χ1) is 15.6. The van der Waals surface area contributed by atoms with Crippen LogP contribution in [0.4, 0.5) is 11.8 Å². The first-order valence-electron chi connectivity index (χ1n) is 10.1. The van der Waals surface area contributed by atoms with Gasteiger partial charge in [0.2, 0.25) is 5.91 Å². The van der Waals surface area contributed by atoms with Crippen molar-refractivity contribution in [3.63, 3.8) is 0 Å². The highest BCUT2D eigenvalue weighted by atomic mass is 16.4. The lowest BCUT2D eigenvalue weighted by atomic mass is 10.2. The van der Waals surface area contributed by atoms with E-state index in [1.807, 2.05) is 18.2 Å². The summed E-state index contributed by atoms with van der Waals surface area (Å²) in [6.45, 7) is 4.72. The van der Waals surface area contributed by atoms with Gasteiger partial charge < -0.3 is 20.4 Å². The topological polar surface area (TPSA) is 128 Å². The first kappa shape index (κ1) is 19.6. The molecule has 32 heavy (non-hydrogen) atoms. The Morgan fingerprint density at radius 3 is 3.06 bits per heavy atom. The van der Waals surface area contributed by atoms with Crippen LogP contribution in [-0.2, 0) is 4.79 Å². The lowest BCUT2D eigenvalue weighted by Gasteiger charge is -2.14. The monoisotopic (exact) mass is 428 g/mol. The van der Waals surface area contributed by atoms with E-state index in [1.165, 1.54) is 12.4 Å². The predicted molar refractivity (Wildman–Crippen MR) is 120 cm³/mol. The minimum atomic E-state index is -0.0946. The number of likely N-dealkylation sites (tertiary alicyclic amines) is 1. The average Bonchev–Trinajstić information content (AvgIpc) is 3.53. The number of hydrogen-bond donors (Lipinski definition) is 2. The van der Waals surface area contributed by atoms with E-state index in [4.69, 9.17) is 15.2 Å². The zero-order valence-corrected chi connectivity index (χ0v) is 17.4. The molecule has 4 aromatic rings. The predicted octanol–water partition coefficient (Wildman–Crippen LogP) is 1.95. The second-order valence-electron chi connectivity index (χ2n) is 7.38. The fraction of sp³-hybridized carbons (Fsp3) is 0.227. The lowest BCUT2D eigenvalue weighted by molar-refractivity contribution is -0.125. The van der Waals surface area contributed by atoms with Crippen molar-refractivity contribution in [1.29, 1.82) is 0 Å².